The van der Waals surface area contributed by atoms with Gasteiger partial charge in [0.1, 0.15) is 0 Å². The number of ether oxygens (including phenoxy) is 1. The predicted molar refractivity (Wildman–Crippen MR) is 65.2 cm³/mol. The van der Waals surface area contributed by atoms with Crippen LogP contribution in [0, 0.1) is 0 Å². The lowest BCUT2D eigenvalue weighted by Gasteiger charge is -2.25. The number of nitrogens with one attached hydrogen (secondary N) is 1. The minimum Gasteiger partial charge on any atom is -0.378 e. The van der Waals surface area contributed by atoms with Crippen LogP contribution in [0.5, 0.6) is 0 Å². The van der Waals surface area contributed by atoms with Crippen LogP contribution in [0.3, 0.4) is 0 Å². The minimum atomic E-state index is 0.618. The van der Waals surface area contributed by atoms with Crippen molar-refractivity contribution in [3.63, 3.8) is 0 Å². The Labute approximate surface area is 94.8 Å². The number of hydrogen-bond acceptors (Lipinski definition) is 2. The molecule has 0 aromatic heterocycles. The Balaban J connectivity index is 1.69. The van der Waals surface area contributed by atoms with Gasteiger partial charge in [-0.2, -0.15) is 0 Å². The molecular formula is C13H27NO. The molecule has 1 rings (SSSR count). The Morgan fingerprint density at radius 2 is 1.87 bits per heavy atom. The van der Waals surface area contributed by atoms with Crippen molar-refractivity contribution in [1.82, 2.24) is 5.32 Å². The number of hydrogen-bond donors (Lipinski definition) is 1. The first-order valence-electron chi connectivity index (χ1n) is 6.64. The molecule has 0 aliphatic heterocycles. The molecule has 1 aliphatic carbocycles. The lowest BCUT2D eigenvalue weighted by molar-refractivity contribution is 0.000625. The second-order valence-corrected chi connectivity index (χ2v) is 4.95. The Morgan fingerprint density at radius 3 is 2.47 bits per heavy atom. The molecule has 0 aromatic rings. The first kappa shape index (κ1) is 13.0. The highest BCUT2D eigenvalue weighted by atomic mass is 16.5. The van der Waals surface area contributed by atoms with E-state index < -0.39 is 0 Å². The van der Waals surface area contributed by atoms with Gasteiger partial charge in [-0.3, -0.25) is 0 Å². The monoisotopic (exact) mass is 213 g/mol. The predicted octanol–water partition coefficient (Wildman–Crippen LogP) is 3.11. The molecule has 1 fully saturated rings. The molecule has 0 amide bonds. The molecule has 1 saturated carbocycles. The van der Waals surface area contributed by atoms with Crippen molar-refractivity contribution in [3.05, 3.63) is 0 Å². The summed E-state index contributed by atoms with van der Waals surface area (Å²) in [6.45, 7) is 6.56. The van der Waals surface area contributed by atoms with Gasteiger partial charge in [0.05, 0.1) is 6.10 Å². The third-order valence-electron chi connectivity index (χ3n) is 3.03. The highest BCUT2D eigenvalue weighted by Gasteiger charge is 2.16. The van der Waals surface area contributed by atoms with Gasteiger partial charge in [0.15, 0.2) is 0 Å². The topological polar surface area (TPSA) is 21.3 Å². The van der Waals surface area contributed by atoms with Crippen molar-refractivity contribution in [2.75, 3.05) is 13.2 Å². The molecule has 2 nitrogen and oxygen atoms in total. The Morgan fingerprint density at radius 1 is 1.13 bits per heavy atom. The molecule has 0 bridgehead atoms. The maximum absolute atomic E-state index is 5.71. The molecule has 0 spiro atoms. The smallest absolute Gasteiger partial charge is 0.0575 e. The van der Waals surface area contributed by atoms with E-state index in [0.717, 1.165) is 6.61 Å². The van der Waals surface area contributed by atoms with Crippen molar-refractivity contribution in [1.29, 1.82) is 0 Å². The first-order valence-corrected chi connectivity index (χ1v) is 6.64. The van der Waals surface area contributed by atoms with E-state index in [1.165, 1.54) is 51.5 Å². The van der Waals surface area contributed by atoms with Crippen molar-refractivity contribution >= 4 is 0 Å². The molecule has 1 aliphatic rings. The van der Waals surface area contributed by atoms with Gasteiger partial charge in [0, 0.05) is 12.6 Å². The molecule has 0 aromatic carbocycles. The molecule has 0 unspecified atom stereocenters. The molecule has 0 atom stereocenters. The molecule has 2 heteroatoms. The average molecular weight is 213 g/mol. The van der Waals surface area contributed by atoms with Crippen LogP contribution in [0.15, 0.2) is 0 Å². The van der Waals surface area contributed by atoms with Gasteiger partial charge in [-0.15, -0.1) is 0 Å². The molecule has 15 heavy (non-hydrogen) atoms. The summed E-state index contributed by atoms with van der Waals surface area (Å²) < 4.78 is 5.71. The Bertz CT molecular complexity index is 143. The summed E-state index contributed by atoms with van der Waals surface area (Å²) in [7, 11) is 0. The minimum absolute atomic E-state index is 0.618. The van der Waals surface area contributed by atoms with Crippen molar-refractivity contribution in [2.24, 2.45) is 0 Å². The van der Waals surface area contributed by atoms with Gasteiger partial charge < -0.3 is 10.1 Å². The quantitative estimate of drug-likeness (QED) is 0.594. The van der Waals surface area contributed by atoms with E-state index in [9.17, 15) is 0 Å². The summed E-state index contributed by atoms with van der Waals surface area (Å²) in [5, 5.41) is 3.44. The maximum atomic E-state index is 5.71. The number of unbranched alkanes of at least 4 members (excludes halogenated alkanes) is 3. The Kier molecular flexibility index (Phi) is 7.03. The van der Waals surface area contributed by atoms with Crippen LogP contribution in [0.2, 0.25) is 0 Å². The number of rotatable bonds is 9. The zero-order valence-electron chi connectivity index (χ0n) is 10.4. The van der Waals surface area contributed by atoms with Crippen LogP contribution in [-0.4, -0.2) is 25.3 Å². The summed E-state index contributed by atoms with van der Waals surface area (Å²) in [5.74, 6) is 0. The fourth-order valence-corrected chi connectivity index (χ4v) is 1.76. The summed E-state index contributed by atoms with van der Waals surface area (Å²) in [6.07, 6.45) is 9.83. The maximum Gasteiger partial charge on any atom is 0.0575 e. The summed E-state index contributed by atoms with van der Waals surface area (Å²) in [5.41, 5.74) is 0. The van der Waals surface area contributed by atoms with E-state index in [4.69, 9.17) is 4.74 Å². The van der Waals surface area contributed by atoms with Crippen LogP contribution in [0.1, 0.15) is 58.8 Å². The van der Waals surface area contributed by atoms with E-state index in [2.05, 4.69) is 19.2 Å². The standard InChI is InChI=1S/C13H27NO/c1-12(2)14-10-5-3-4-6-11-15-13-8-7-9-13/h12-14H,3-11H2,1-2H3. The highest BCUT2D eigenvalue weighted by molar-refractivity contribution is 4.68. The molecule has 90 valence electrons. The second-order valence-electron chi connectivity index (χ2n) is 4.95. The fourth-order valence-electron chi connectivity index (χ4n) is 1.76. The van der Waals surface area contributed by atoms with Gasteiger partial charge >= 0.3 is 0 Å². The van der Waals surface area contributed by atoms with E-state index in [1.54, 1.807) is 0 Å². The normalized spacial score (nSPS) is 17.0. The fraction of sp³-hybridized carbons (Fsp3) is 1.00. The van der Waals surface area contributed by atoms with E-state index in [1.807, 2.05) is 0 Å². The lowest BCUT2D eigenvalue weighted by atomic mass is 9.96. The highest BCUT2D eigenvalue weighted by Crippen LogP contribution is 2.22. The van der Waals surface area contributed by atoms with Crippen molar-refractivity contribution in [2.45, 2.75) is 70.9 Å². The van der Waals surface area contributed by atoms with Gasteiger partial charge in [0.25, 0.3) is 0 Å². The van der Waals surface area contributed by atoms with Crippen LogP contribution < -0.4 is 5.32 Å². The zero-order valence-corrected chi connectivity index (χ0v) is 10.4. The zero-order chi connectivity index (χ0) is 10.9. The van der Waals surface area contributed by atoms with Gasteiger partial charge in [-0.05, 0) is 38.6 Å². The molecular weight excluding hydrogens is 186 g/mol. The SMILES string of the molecule is CC(C)NCCCCCCOC1CCC1. The van der Waals surface area contributed by atoms with Crippen LogP contribution in [-0.2, 0) is 4.74 Å². The van der Waals surface area contributed by atoms with Gasteiger partial charge in [-0.25, -0.2) is 0 Å². The van der Waals surface area contributed by atoms with E-state index in [-0.39, 0.29) is 0 Å². The third kappa shape index (κ3) is 6.91. The molecule has 0 heterocycles. The molecule has 0 radical (unpaired) electrons. The van der Waals surface area contributed by atoms with Crippen molar-refractivity contribution in [3.8, 4) is 0 Å². The largest absolute Gasteiger partial charge is 0.378 e. The van der Waals surface area contributed by atoms with Crippen LogP contribution in [0.25, 0.3) is 0 Å². The second kappa shape index (κ2) is 8.12. The van der Waals surface area contributed by atoms with Crippen LogP contribution in [0.4, 0.5) is 0 Å². The Hall–Kier alpha value is -0.0800. The first-order chi connectivity index (χ1) is 7.29. The van der Waals surface area contributed by atoms with Crippen LogP contribution >= 0.6 is 0 Å². The third-order valence-corrected chi connectivity index (χ3v) is 3.03. The summed E-state index contributed by atoms with van der Waals surface area (Å²) >= 11 is 0. The summed E-state index contributed by atoms with van der Waals surface area (Å²) in [4.78, 5) is 0. The van der Waals surface area contributed by atoms with E-state index in [0.29, 0.717) is 12.1 Å². The van der Waals surface area contributed by atoms with Gasteiger partial charge in [0.2, 0.25) is 0 Å². The molecule has 1 N–H and O–H groups in total. The van der Waals surface area contributed by atoms with Crippen molar-refractivity contribution < 1.29 is 4.74 Å². The lowest BCUT2D eigenvalue weighted by Crippen LogP contribution is -2.23. The van der Waals surface area contributed by atoms with Gasteiger partial charge in [-0.1, -0.05) is 26.7 Å². The van der Waals surface area contributed by atoms with E-state index >= 15 is 0 Å². The average Bonchev–Trinajstić information content (AvgIpc) is 2.12. The summed E-state index contributed by atoms with van der Waals surface area (Å²) in [6, 6.07) is 0.631. The molecule has 0 saturated heterocycles.